The minimum atomic E-state index is -3.92. The Balaban J connectivity index is 1.80. The highest BCUT2D eigenvalue weighted by molar-refractivity contribution is 7.92. The Morgan fingerprint density at radius 3 is 2.30 bits per heavy atom. The van der Waals surface area contributed by atoms with E-state index in [0.717, 1.165) is 53.6 Å². The SMILES string of the molecule is C[C@H](C(=O)N[C@H](C)c1ccc2c(c1)CCCC2)N(c1ccc(F)c(F)c1)S(C)(=O)=O. The summed E-state index contributed by atoms with van der Waals surface area (Å²) in [4.78, 5) is 12.8. The van der Waals surface area contributed by atoms with Gasteiger partial charge in [0.15, 0.2) is 11.6 Å². The van der Waals surface area contributed by atoms with E-state index in [4.69, 9.17) is 0 Å². The van der Waals surface area contributed by atoms with Gasteiger partial charge in [0.2, 0.25) is 15.9 Å². The van der Waals surface area contributed by atoms with Gasteiger partial charge in [-0.15, -0.1) is 0 Å². The Bertz CT molecular complexity index is 1060. The molecule has 1 N–H and O–H groups in total. The maximum absolute atomic E-state index is 13.7. The lowest BCUT2D eigenvalue weighted by molar-refractivity contribution is -0.122. The van der Waals surface area contributed by atoms with E-state index in [1.54, 1.807) is 0 Å². The van der Waals surface area contributed by atoms with Crippen LogP contribution in [-0.4, -0.2) is 26.6 Å². The second kappa shape index (κ2) is 8.71. The van der Waals surface area contributed by atoms with Crippen LogP contribution >= 0.6 is 0 Å². The second-order valence-corrected chi connectivity index (χ2v) is 9.66. The van der Waals surface area contributed by atoms with Crippen molar-refractivity contribution in [1.29, 1.82) is 0 Å². The number of sulfonamides is 1. The largest absolute Gasteiger partial charge is 0.348 e. The van der Waals surface area contributed by atoms with Gasteiger partial charge in [-0.2, -0.15) is 0 Å². The van der Waals surface area contributed by atoms with Gasteiger partial charge in [0.25, 0.3) is 0 Å². The summed E-state index contributed by atoms with van der Waals surface area (Å²) >= 11 is 0. The highest BCUT2D eigenvalue weighted by Gasteiger charge is 2.30. The predicted molar refractivity (Wildman–Crippen MR) is 113 cm³/mol. The summed E-state index contributed by atoms with van der Waals surface area (Å²) in [5, 5.41) is 2.84. The number of nitrogens with zero attached hydrogens (tertiary/aromatic N) is 1. The van der Waals surface area contributed by atoms with Crippen LogP contribution in [-0.2, 0) is 27.7 Å². The highest BCUT2D eigenvalue weighted by atomic mass is 32.2. The molecule has 5 nitrogen and oxygen atoms in total. The molecule has 0 saturated carbocycles. The zero-order valence-corrected chi connectivity index (χ0v) is 18.1. The van der Waals surface area contributed by atoms with Crippen molar-refractivity contribution in [1.82, 2.24) is 5.32 Å². The average Bonchev–Trinajstić information content (AvgIpc) is 2.69. The number of carbonyl (C=O) groups excluding carboxylic acids is 1. The molecule has 0 heterocycles. The monoisotopic (exact) mass is 436 g/mol. The van der Waals surface area contributed by atoms with Gasteiger partial charge >= 0.3 is 0 Å². The molecule has 1 amide bonds. The van der Waals surface area contributed by atoms with Crippen LogP contribution in [0, 0.1) is 11.6 Å². The summed E-state index contributed by atoms with van der Waals surface area (Å²) in [5.41, 5.74) is 3.45. The quantitative estimate of drug-likeness (QED) is 0.748. The third kappa shape index (κ3) is 4.80. The van der Waals surface area contributed by atoms with Gasteiger partial charge < -0.3 is 5.32 Å². The fourth-order valence-corrected chi connectivity index (χ4v) is 5.04. The number of carbonyl (C=O) groups is 1. The number of hydrogen-bond donors (Lipinski definition) is 1. The molecule has 3 rings (SSSR count). The molecule has 0 aromatic heterocycles. The lowest BCUT2D eigenvalue weighted by Crippen LogP contribution is -2.48. The minimum Gasteiger partial charge on any atom is -0.348 e. The molecule has 1 aliphatic carbocycles. The Labute approximate surface area is 176 Å². The first-order valence-corrected chi connectivity index (χ1v) is 11.8. The van der Waals surface area contributed by atoms with Gasteiger partial charge in [0, 0.05) is 6.07 Å². The van der Waals surface area contributed by atoms with Gasteiger partial charge in [-0.3, -0.25) is 9.10 Å². The van der Waals surface area contributed by atoms with Gasteiger partial charge in [-0.25, -0.2) is 17.2 Å². The molecule has 2 aromatic carbocycles. The fourth-order valence-electron chi connectivity index (χ4n) is 3.87. The zero-order valence-electron chi connectivity index (χ0n) is 17.3. The third-order valence-electron chi connectivity index (χ3n) is 5.48. The number of fused-ring (bicyclic) bond motifs is 1. The van der Waals surface area contributed by atoms with Crippen molar-refractivity contribution in [3.8, 4) is 0 Å². The van der Waals surface area contributed by atoms with Crippen LogP contribution in [0.1, 0.15) is 49.4 Å². The Hall–Kier alpha value is -2.48. The van der Waals surface area contributed by atoms with Crippen LogP contribution in [0.3, 0.4) is 0 Å². The standard InChI is InChI=1S/C22H26F2N2O3S/c1-14(17-9-8-16-6-4-5-7-18(16)12-17)25-22(27)15(2)26(30(3,28)29)19-10-11-20(23)21(24)13-19/h8-15H,4-7H2,1-3H3,(H,25,27)/t14-,15-/m1/s1. The van der Waals surface area contributed by atoms with E-state index in [1.165, 1.54) is 24.5 Å². The average molecular weight is 437 g/mol. The number of hydrogen-bond acceptors (Lipinski definition) is 3. The van der Waals surface area contributed by atoms with Crippen LogP contribution in [0.15, 0.2) is 36.4 Å². The first-order valence-electron chi connectivity index (χ1n) is 9.94. The molecule has 0 unspecified atom stereocenters. The van der Waals surface area contributed by atoms with Crippen molar-refractivity contribution in [3.05, 3.63) is 64.7 Å². The summed E-state index contributed by atoms with van der Waals surface area (Å²) in [5.74, 6) is -2.81. The number of halogens is 2. The van der Waals surface area contributed by atoms with E-state index < -0.39 is 33.6 Å². The van der Waals surface area contributed by atoms with E-state index in [1.807, 2.05) is 13.0 Å². The maximum Gasteiger partial charge on any atom is 0.244 e. The molecule has 0 saturated heterocycles. The van der Waals surface area contributed by atoms with E-state index in [-0.39, 0.29) is 11.7 Å². The van der Waals surface area contributed by atoms with Crippen molar-refractivity contribution >= 4 is 21.6 Å². The number of benzene rings is 2. The van der Waals surface area contributed by atoms with Crippen LogP contribution in [0.4, 0.5) is 14.5 Å². The molecule has 2 atom stereocenters. The smallest absolute Gasteiger partial charge is 0.244 e. The topological polar surface area (TPSA) is 66.5 Å². The summed E-state index contributed by atoms with van der Waals surface area (Å²) in [7, 11) is -3.92. The molecular weight excluding hydrogens is 410 g/mol. The molecule has 0 radical (unpaired) electrons. The molecule has 8 heteroatoms. The molecule has 0 fully saturated rings. The normalized spacial score (nSPS) is 15.8. The Morgan fingerprint density at radius 2 is 1.67 bits per heavy atom. The lowest BCUT2D eigenvalue weighted by Gasteiger charge is -2.29. The molecule has 0 bridgehead atoms. The van der Waals surface area contributed by atoms with Crippen LogP contribution < -0.4 is 9.62 Å². The number of rotatable bonds is 6. The molecule has 0 spiro atoms. The highest BCUT2D eigenvalue weighted by Crippen LogP contribution is 2.26. The Kier molecular flexibility index (Phi) is 6.45. The van der Waals surface area contributed by atoms with E-state index in [0.29, 0.717) is 0 Å². The Morgan fingerprint density at radius 1 is 1.00 bits per heavy atom. The van der Waals surface area contributed by atoms with E-state index >= 15 is 0 Å². The molecule has 1 aliphatic rings. The van der Waals surface area contributed by atoms with Crippen molar-refractivity contribution in [3.63, 3.8) is 0 Å². The van der Waals surface area contributed by atoms with Gasteiger partial charge in [0.1, 0.15) is 6.04 Å². The summed E-state index contributed by atoms with van der Waals surface area (Å²) in [6.07, 6.45) is 5.32. The van der Waals surface area contributed by atoms with Crippen LogP contribution in [0.5, 0.6) is 0 Å². The van der Waals surface area contributed by atoms with Crippen molar-refractivity contribution in [2.24, 2.45) is 0 Å². The van der Waals surface area contributed by atoms with Crippen molar-refractivity contribution in [2.75, 3.05) is 10.6 Å². The molecule has 30 heavy (non-hydrogen) atoms. The summed E-state index contributed by atoms with van der Waals surface area (Å²) in [6, 6.07) is 7.41. The van der Waals surface area contributed by atoms with Crippen LogP contribution in [0.2, 0.25) is 0 Å². The third-order valence-corrected chi connectivity index (χ3v) is 6.72. The zero-order chi connectivity index (χ0) is 22.1. The molecule has 162 valence electrons. The van der Waals surface area contributed by atoms with E-state index in [2.05, 4.69) is 17.4 Å². The van der Waals surface area contributed by atoms with E-state index in [9.17, 15) is 22.0 Å². The fraction of sp³-hybridized carbons (Fsp3) is 0.409. The van der Waals surface area contributed by atoms with Crippen molar-refractivity contribution in [2.45, 2.75) is 51.6 Å². The number of amides is 1. The summed E-state index contributed by atoms with van der Waals surface area (Å²) in [6.45, 7) is 3.24. The predicted octanol–water partition coefficient (Wildman–Crippen LogP) is 3.88. The van der Waals surface area contributed by atoms with Crippen molar-refractivity contribution < 1.29 is 22.0 Å². The molecule has 0 aliphatic heterocycles. The summed E-state index contributed by atoms with van der Waals surface area (Å²) < 4.78 is 52.4. The number of nitrogens with one attached hydrogen (secondary N) is 1. The second-order valence-electron chi connectivity index (χ2n) is 7.80. The van der Waals surface area contributed by atoms with Gasteiger partial charge in [-0.1, -0.05) is 18.2 Å². The molecule has 2 aromatic rings. The maximum atomic E-state index is 13.7. The number of anilines is 1. The minimum absolute atomic E-state index is 0.111. The first-order chi connectivity index (χ1) is 14.1. The van der Waals surface area contributed by atoms with Crippen LogP contribution in [0.25, 0.3) is 0 Å². The lowest BCUT2D eigenvalue weighted by atomic mass is 9.89. The first kappa shape index (κ1) is 22.2. The molecular formula is C22H26F2N2O3S. The number of aryl methyl sites for hydroxylation is 2. The van der Waals surface area contributed by atoms with Gasteiger partial charge in [0.05, 0.1) is 18.0 Å². The van der Waals surface area contributed by atoms with Gasteiger partial charge in [-0.05, 0) is 68.4 Å².